The first-order valence-electron chi connectivity index (χ1n) is 5.05. The fraction of sp³-hybridized carbons (Fsp3) is 0.182. The van der Waals surface area contributed by atoms with Crippen LogP contribution < -0.4 is 5.32 Å². The van der Waals surface area contributed by atoms with Crippen molar-refractivity contribution in [3.8, 4) is 11.5 Å². The molecule has 0 atom stereocenters. The van der Waals surface area contributed by atoms with E-state index in [1.807, 2.05) is 0 Å². The predicted molar refractivity (Wildman–Crippen MR) is 64.4 cm³/mol. The van der Waals surface area contributed by atoms with Gasteiger partial charge in [0.2, 0.25) is 11.7 Å². The summed E-state index contributed by atoms with van der Waals surface area (Å²) in [5.41, 5.74) is 0.633. The zero-order valence-electron chi connectivity index (χ0n) is 9.06. The highest BCUT2D eigenvalue weighted by molar-refractivity contribution is 6.30. The van der Waals surface area contributed by atoms with Gasteiger partial charge in [-0.2, -0.15) is 4.98 Å². The Morgan fingerprint density at radius 2 is 2.35 bits per heavy atom. The molecule has 17 heavy (non-hydrogen) atoms. The van der Waals surface area contributed by atoms with Gasteiger partial charge in [-0.3, -0.25) is 4.98 Å². The lowest BCUT2D eigenvalue weighted by Gasteiger charge is -1.94. The van der Waals surface area contributed by atoms with Crippen LogP contribution in [0.4, 0.5) is 0 Å². The van der Waals surface area contributed by atoms with Crippen molar-refractivity contribution >= 4 is 11.6 Å². The Kier molecular flexibility index (Phi) is 3.85. The van der Waals surface area contributed by atoms with E-state index < -0.39 is 0 Å². The second kappa shape index (κ2) is 5.56. The molecule has 0 aliphatic heterocycles. The molecule has 0 aliphatic carbocycles. The normalized spacial score (nSPS) is 10.4. The van der Waals surface area contributed by atoms with E-state index in [1.165, 1.54) is 0 Å². The van der Waals surface area contributed by atoms with E-state index in [4.69, 9.17) is 16.1 Å². The maximum atomic E-state index is 5.74. The number of hydrogen-bond donors (Lipinski definition) is 1. The zero-order chi connectivity index (χ0) is 12.1. The fourth-order valence-corrected chi connectivity index (χ4v) is 1.33. The first-order chi connectivity index (χ1) is 8.29. The highest BCUT2D eigenvalue weighted by Gasteiger charge is 2.08. The average Bonchev–Trinajstić information content (AvgIpc) is 2.79. The van der Waals surface area contributed by atoms with Gasteiger partial charge in [0.15, 0.2) is 0 Å². The molecule has 1 N–H and O–H groups in total. The lowest BCUT2D eigenvalue weighted by molar-refractivity contribution is 0.370. The van der Waals surface area contributed by atoms with E-state index in [0.717, 1.165) is 0 Å². The maximum Gasteiger partial charge on any atom is 0.240 e. The molecule has 5 nitrogen and oxygen atoms in total. The van der Waals surface area contributed by atoms with Gasteiger partial charge in [-0.15, -0.1) is 6.58 Å². The van der Waals surface area contributed by atoms with Crippen LogP contribution in [-0.2, 0) is 6.54 Å². The van der Waals surface area contributed by atoms with Crippen molar-refractivity contribution in [3.05, 3.63) is 41.9 Å². The smallest absolute Gasteiger partial charge is 0.240 e. The van der Waals surface area contributed by atoms with Crippen LogP contribution in [-0.4, -0.2) is 21.7 Å². The molecule has 0 saturated carbocycles. The summed E-state index contributed by atoms with van der Waals surface area (Å²) in [4.78, 5) is 8.31. The summed E-state index contributed by atoms with van der Waals surface area (Å²) in [5.74, 6) is 0.968. The van der Waals surface area contributed by atoms with E-state index in [9.17, 15) is 0 Å². The minimum Gasteiger partial charge on any atom is -0.337 e. The number of nitrogens with one attached hydrogen (secondary N) is 1. The summed E-state index contributed by atoms with van der Waals surface area (Å²) in [7, 11) is 0. The highest BCUT2D eigenvalue weighted by Crippen LogP contribution is 2.15. The third-order valence-electron chi connectivity index (χ3n) is 1.99. The van der Waals surface area contributed by atoms with Gasteiger partial charge >= 0.3 is 0 Å². The Morgan fingerprint density at radius 1 is 1.47 bits per heavy atom. The average molecular weight is 251 g/mol. The van der Waals surface area contributed by atoms with E-state index in [2.05, 4.69) is 27.0 Å². The molecule has 2 aromatic heterocycles. The number of pyridine rings is 1. The summed E-state index contributed by atoms with van der Waals surface area (Å²) >= 11 is 5.74. The molecular weight excluding hydrogens is 240 g/mol. The molecule has 0 aromatic carbocycles. The zero-order valence-corrected chi connectivity index (χ0v) is 9.81. The second-order valence-electron chi connectivity index (χ2n) is 3.29. The predicted octanol–water partition coefficient (Wildman–Crippen LogP) is 2.06. The van der Waals surface area contributed by atoms with Crippen molar-refractivity contribution in [2.75, 3.05) is 6.54 Å². The topological polar surface area (TPSA) is 63.8 Å². The summed E-state index contributed by atoms with van der Waals surface area (Å²) in [6.07, 6.45) is 3.31. The van der Waals surface area contributed by atoms with Crippen molar-refractivity contribution < 1.29 is 4.52 Å². The minimum absolute atomic E-state index is 0.456. The van der Waals surface area contributed by atoms with E-state index in [0.29, 0.717) is 35.5 Å². The number of rotatable bonds is 5. The molecule has 2 heterocycles. The van der Waals surface area contributed by atoms with Gasteiger partial charge < -0.3 is 9.84 Å². The van der Waals surface area contributed by atoms with Gasteiger partial charge in [-0.25, -0.2) is 0 Å². The fourth-order valence-electron chi connectivity index (χ4n) is 1.22. The number of halogens is 1. The van der Waals surface area contributed by atoms with E-state index in [-0.39, 0.29) is 0 Å². The third-order valence-corrected chi connectivity index (χ3v) is 2.21. The van der Waals surface area contributed by atoms with Gasteiger partial charge in [0.05, 0.1) is 11.6 Å². The van der Waals surface area contributed by atoms with Gasteiger partial charge in [-0.1, -0.05) is 22.8 Å². The van der Waals surface area contributed by atoms with Gasteiger partial charge in [0.1, 0.15) is 5.69 Å². The number of hydrogen-bond acceptors (Lipinski definition) is 5. The van der Waals surface area contributed by atoms with Crippen molar-refractivity contribution in [1.82, 2.24) is 20.4 Å². The molecule has 6 heteroatoms. The van der Waals surface area contributed by atoms with Gasteiger partial charge in [0, 0.05) is 12.7 Å². The quantitative estimate of drug-likeness (QED) is 0.650. The van der Waals surface area contributed by atoms with Crippen LogP contribution in [0, 0.1) is 0 Å². The van der Waals surface area contributed by atoms with Crippen molar-refractivity contribution in [1.29, 1.82) is 0 Å². The maximum absolute atomic E-state index is 5.74. The van der Waals surface area contributed by atoms with Crippen LogP contribution in [0.25, 0.3) is 11.5 Å². The third kappa shape index (κ3) is 3.12. The molecule has 88 valence electrons. The molecular formula is C11H11ClN4O. The Balaban J connectivity index is 2.07. The summed E-state index contributed by atoms with van der Waals surface area (Å²) in [6.45, 7) is 4.80. The van der Waals surface area contributed by atoms with E-state index >= 15 is 0 Å². The molecule has 0 saturated heterocycles. The SMILES string of the molecule is C=CCNCc1nc(-c2ccc(Cl)cn2)no1. The highest BCUT2D eigenvalue weighted by atomic mass is 35.5. The molecule has 2 rings (SSSR count). The first kappa shape index (κ1) is 11.8. The van der Waals surface area contributed by atoms with Crippen LogP contribution in [0.15, 0.2) is 35.5 Å². The molecule has 0 fully saturated rings. The molecule has 0 aliphatic rings. The van der Waals surface area contributed by atoms with Crippen molar-refractivity contribution in [3.63, 3.8) is 0 Å². The van der Waals surface area contributed by atoms with Crippen LogP contribution in [0.5, 0.6) is 0 Å². The van der Waals surface area contributed by atoms with E-state index in [1.54, 1.807) is 24.4 Å². The Morgan fingerprint density at radius 3 is 3.06 bits per heavy atom. The Hall–Kier alpha value is -1.72. The van der Waals surface area contributed by atoms with Crippen molar-refractivity contribution in [2.45, 2.75) is 6.54 Å². The van der Waals surface area contributed by atoms with Crippen molar-refractivity contribution in [2.24, 2.45) is 0 Å². The summed E-state index contributed by atoms with van der Waals surface area (Å²) in [5, 5.41) is 7.48. The molecule has 0 amide bonds. The monoisotopic (exact) mass is 250 g/mol. The number of nitrogens with zero attached hydrogens (tertiary/aromatic N) is 3. The molecule has 0 spiro atoms. The Bertz CT molecular complexity index is 494. The summed E-state index contributed by atoms with van der Waals surface area (Å²) in [6, 6.07) is 3.48. The minimum atomic E-state index is 0.456. The lowest BCUT2D eigenvalue weighted by Crippen LogP contribution is -2.12. The molecule has 0 radical (unpaired) electrons. The standard InChI is InChI=1S/C11H11ClN4O/c1-2-5-13-7-10-15-11(16-17-10)9-4-3-8(12)6-14-9/h2-4,6,13H,1,5,7H2. The molecule has 0 bridgehead atoms. The molecule has 0 unspecified atom stereocenters. The van der Waals surface area contributed by atoms with Crippen LogP contribution in [0.2, 0.25) is 5.02 Å². The van der Waals surface area contributed by atoms with Crippen LogP contribution >= 0.6 is 11.6 Å². The summed E-state index contributed by atoms with van der Waals surface area (Å²) < 4.78 is 5.06. The Labute approximate surface area is 104 Å². The van der Waals surface area contributed by atoms with Crippen LogP contribution in [0.3, 0.4) is 0 Å². The van der Waals surface area contributed by atoms with Crippen LogP contribution in [0.1, 0.15) is 5.89 Å². The number of aromatic nitrogens is 3. The van der Waals surface area contributed by atoms with Gasteiger partial charge in [0.25, 0.3) is 0 Å². The first-order valence-corrected chi connectivity index (χ1v) is 5.43. The molecule has 2 aromatic rings. The lowest BCUT2D eigenvalue weighted by atomic mass is 10.3. The largest absolute Gasteiger partial charge is 0.337 e. The van der Waals surface area contributed by atoms with Gasteiger partial charge in [-0.05, 0) is 12.1 Å². The second-order valence-corrected chi connectivity index (χ2v) is 3.73.